The van der Waals surface area contributed by atoms with Gasteiger partial charge in [0.2, 0.25) is 0 Å². The molecule has 56 heavy (non-hydrogen) atoms. The number of carbonyl (C=O) groups is 1. The smallest absolute Gasteiger partial charge is 0.331 e. The van der Waals surface area contributed by atoms with Crippen LogP contribution in [0.25, 0.3) is 0 Å². The van der Waals surface area contributed by atoms with Crippen LogP contribution in [-0.4, -0.2) is 133 Å². The lowest BCUT2D eigenvalue weighted by Crippen LogP contribution is -2.43. The van der Waals surface area contributed by atoms with Crippen LogP contribution in [0.3, 0.4) is 0 Å². The third kappa shape index (κ3) is 16.2. The predicted molar refractivity (Wildman–Crippen MR) is 217 cm³/mol. The SMILES string of the molecule is CCC[C@@H]1OC([C@@H](O)C/C=C/[C@@H]2OC(=O)/C=C/C=C/[C@@H](OC)[C@H](O)/C=C/C(C)=C/C(C)CCC[C@@H](OC)[C@H](O)/C=C/C(C)=C/[C@@H](C)[C@H](O)[C@H]2OC)[C@H](O)[C@@H]1OC. The zero-order chi connectivity index (χ0) is 41.8. The van der Waals surface area contributed by atoms with Gasteiger partial charge in [0, 0.05) is 40.4 Å². The van der Waals surface area contributed by atoms with Crippen molar-refractivity contribution in [2.75, 3.05) is 28.4 Å². The third-order valence-electron chi connectivity index (χ3n) is 10.3. The minimum atomic E-state index is -1.15. The van der Waals surface area contributed by atoms with Crippen molar-refractivity contribution in [3.63, 3.8) is 0 Å². The maximum Gasteiger partial charge on any atom is 0.331 e. The van der Waals surface area contributed by atoms with E-state index >= 15 is 0 Å². The lowest BCUT2D eigenvalue weighted by Gasteiger charge is -2.30. The van der Waals surface area contributed by atoms with E-state index in [1.54, 1.807) is 56.6 Å². The van der Waals surface area contributed by atoms with Gasteiger partial charge < -0.3 is 54.0 Å². The topological polar surface area (TPSA) is 174 Å². The van der Waals surface area contributed by atoms with Gasteiger partial charge in [-0.2, -0.15) is 0 Å². The Morgan fingerprint density at radius 2 is 1.48 bits per heavy atom. The highest BCUT2D eigenvalue weighted by Gasteiger charge is 2.46. The summed E-state index contributed by atoms with van der Waals surface area (Å²) in [6, 6.07) is 0. The van der Waals surface area contributed by atoms with Crippen molar-refractivity contribution < 1.29 is 58.7 Å². The first-order chi connectivity index (χ1) is 26.7. The highest BCUT2D eigenvalue weighted by atomic mass is 16.6. The highest BCUT2D eigenvalue weighted by Crippen LogP contribution is 2.30. The van der Waals surface area contributed by atoms with Gasteiger partial charge in [0.05, 0.1) is 30.5 Å². The summed E-state index contributed by atoms with van der Waals surface area (Å²) in [5.41, 5.74) is 1.78. The zero-order valence-corrected chi connectivity index (χ0v) is 34.8. The molecular weight excluding hydrogens is 720 g/mol. The number of methoxy groups -OCH3 is 4. The van der Waals surface area contributed by atoms with Crippen LogP contribution < -0.4 is 0 Å². The Morgan fingerprint density at radius 3 is 2.11 bits per heavy atom. The van der Waals surface area contributed by atoms with Crippen molar-refractivity contribution in [1.29, 1.82) is 0 Å². The van der Waals surface area contributed by atoms with E-state index in [0.717, 1.165) is 30.4 Å². The number of aliphatic hydroxyl groups is 5. The predicted octanol–water partition coefficient (Wildman–Crippen LogP) is 4.85. The molecule has 2 rings (SSSR count). The molecule has 0 aromatic carbocycles. The Hall–Kier alpha value is -2.75. The van der Waals surface area contributed by atoms with Crippen LogP contribution in [0, 0.1) is 11.8 Å². The van der Waals surface area contributed by atoms with Crippen molar-refractivity contribution in [3.05, 3.63) is 84.1 Å². The molecule has 0 aliphatic carbocycles. The maximum atomic E-state index is 13.1. The third-order valence-corrected chi connectivity index (χ3v) is 10.3. The first-order valence-corrected chi connectivity index (χ1v) is 19.8. The van der Waals surface area contributed by atoms with Gasteiger partial charge in [-0.3, -0.25) is 0 Å². The van der Waals surface area contributed by atoms with Crippen LogP contribution in [0.5, 0.6) is 0 Å². The van der Waals surface area contributed by atoms with E-state index in [2.05, 4.69) is 13.0 Å². The van der Waals surface area contributed by atoms with Crippen LogP contribution in [0.1, 0.15) is 73.1 Å². The summed E-state index contributed by atoms with van der Waals surface area (Å²) in [6.07, 6.45) is 13.8. The fraction of sp³-hybridized carbons (Fsp3) is 0.659. The van der Waals surface area contributed by atoms with Gasteiger partial charge in [-0.15, -0.1) is 0 Å². The quantitative estimate of drug-likeness (QED) is 0.151. The van der Waals surface area contributed by atoms with Crippen LogP contribution >= 0.6 is 0 Å². The molecule has 12 heteroatoms. The molecule has 0 amide bonds. The minimum absolute atomic E-state index is 0.0455. The number of ether oxygens (including phenoxy) is 6. The summed E-state index contributed by atoms with van der Waals surface area (Å²) in [6.45, 7) is 9.76. The molecule has 318 valence electrons. The van der Waals surface area contributed by atoms with Crippen molar-refractivity contribution in [1.82, 2.24) is 0 Å². The van der Waals surface area contributed by atoms with Gasteiger partial charge in [0.1, 0.15) is 42.7 Å². The highest BCUT2D eigenvalue weighted by molar-refractivity contribution is 5.82. The number of hydrogen-bond acceptors (Lipinski definition) is 12. The number of rotatable bonds is 10. The Bertz CT molecular complexity index is 1350. The van der Waals surface area contributed by atoms with Crippen molar-refractivity contribution in [2.24, 2.45) is 11.8 Å². The van der Waals surface area contributed by atoms with E-state index in [-0.39, 0.29) is 18.4 Å². The van der Waals surface area contributed by atoms with E-state index in [4.69, 9.17) is 28.4 Å². The monoisotopic (exact) mass is 790 g/mol. The van der Waals surface area contributed by atoms with Gasteiger partial charge in [-0.05, 0) is 51.5 Å². The molecule has 5 N–H and O–H groups in total. The van der Waals surface area contributed by atoms with E-state index in [0.29, 0.717) is 12.8 Å². The molecule has 0 saturated carbocycles. The number of cyclic esters (lactones) is 1. The Morgan fingerprint density at radius 1 is 0.821 bits per heavy atom. The molecular formula is C44H70O12. The largest absolute Gasteiger partial charge is 0.452 e. The van der Waals surface area contributed by atoms with Crippen molar-refractivity contribution in [2.45, 2.75) is 146 Å². The molecule has 1 saturated heterocycles. The number of esters is 1. The molecule has 14 atom stereocenters. The number of aliphatic hydroxyl groups excluding tert-OH is 5. The molecule has 0 radical (unpaired) electrons. The molecule has 2 heterocycles. The normalized spacial score (nSPS) is 39.8. The van der Waals surface area contributed by atoms with E-state index in [1.165, 1.54) is 33.5 Å². The average molecular weight is 791 g/mol. The van der Waals surface area contributed by atoms with Gasteiger partial charge in [0.25, 0.3) is 0 Å². The summed E-state index contributed by atoms with van der Waals surface area (Å²) < 4.78 is 34.1. The molecule has 2 aliphatic heterocycles. The van der Waals surface area contributed by atoms with E-state index in [1.807, 2.05) is 32.9 Å². The summed E-state index contributed by atoms with van der Waals surface area (Å²) in [5, 5.41) is 55.1. The van der Waals surface area contributed by atoms with Gasteiger partial charge in [0.15, 0.2) is 0 Å². The van der Waals surface area contributed by atoms with Gasteiger partial charge in [-0.25, -0.2) is 4.79 Å². The Balaban J connectivity index is 2.43. The van der Waals surface area contributed by atoms with E-state index in [9.17, 15) is 30.3 Å². The lowest BCUT2D eigenvalue weighted by molar-refractivity contribution is -0.152. The second kappa shape index (κ2) is 26.3. The first kappa shape index (κ1) is 49.4. The van der Waals surface area contributed by atoms with Crippen LogP contribution in [0.15, 0.2) is 84.1 Å². The van der Waals surface area contributed by atoms with Gasteiger partial charge in [-0.1, -0.05) is 106 Å². The molecule has 2 unspecified atom stereocenters. The minimum Gasteiger partial charge on any atom is -0.452 e. The molecule has 0 bridgehead atoms. The number of hydrogen-bond donors (Lipinski definition) is 5. The van der Waals surface area contributed by atoms with Crippen LogP contribution in [0.4, 0.5) is 0 Å². The van der Waals surface area contributed by atoms with Crippen molar-refractivity contribution >= 4 is 5.97 Å². The summed E-state index contributed by atoms with van der Waals surface area (Å²) in [7, 11) is 5.97. The molecule has 0 aromatic rings. The molecule has 12 nitrogen and oxygen atoms in total. The summed E-state index contributed by atoms with van der Waals surface area (Å²) in [5.74, 6) is -0.943. The summed E-state index contributed by atoms with van der Waals surface area (Å²) in [4.78, 5) is 13.1. The number of allylic oxidation sites excluding steroid dienone is 7. The molecule has 0 aromatic heterocycles. The Kier molecular flexibility index (Phi) is 23.2. The van der Waals surface area contributed by atoms with Crippen LogP contribution in [0.2, 0.25) is 0 Å². The second-order valence-corrected chi connectivity index (χ2v) is 14.9. The van der Waals surface area contributed by atoms with E-state index < -0.39 is 79.0 Å². The van der Waals surface area contributed by atoms with Crippen molar-refractivity contribution in [3.8, 4) is 0 Å². The standard InChI is InChI=1S/C44H70O12/c1-10-15-37-44(54-9)41(50)42(56-37)34(47)17-14-20-38-43(53-8)40(49)31(5)27-30(4)23-25-33(46)36(52-7)19-13-16-28(2)26-29(3)22-24-32(45)35(51-6)18-11-12-21-39(48)55-38/h11-12,14,18,20-28,31-38,40-47,49-50H,10,13,15-17,19H2,1-9H3/b18-11+,20-14+,21-12+,24-22+,25-23+,29-26+,30-27+/t28?,31-,32-,33-,34+,35-,36-,37+,38+,40+,41+,42?,43+,44-/m1/s1. The van der Waals surface area contributed by atoms with Crippen LogP contribution in [-0.2, 0) is 33.2 Å². The lowest BCUT2D eigenvalue weighted by atomic mass is 9.93. The van der Waals surface area contributed by atoms with Gasteiger partial charge >= 0.3 is 5.97 Å². The molecule has 0 spiro atoms. The maximum absolute atomic E-state index is 13.1. The molecule has 1 fully saturated rings. The zero-order valence-electron chi connectivity index (χ0n) is 34.8. The first-order valence-electron chi connectivity index (χ1n) is 19.8. The summed E-state index contributed by atoms with van der Waals surface area (Å²) >= 11 is 0. The second-order valence-electron chi connectivity index (χ2n) is 14.9. The number of carbonyl (C=O) groups excluding carboxylic acids is 1. The average Bonchev–Trinajstić information content (AvgIpc) is 3.48. The fourth-order valence-electron chi connectivity index (χ4n) is 7.13. The Labute approximate surface area is 334 Å². The fourth-order valence-corrected chi connectivity index (χ4v) is 7.13. The molecule has 2 aliphatic rings.